The molecule has 0 fully saturated rings. The molecule has 0 aromatic carbocycles. The van der Waals surface area contributed by atoms with Crippen LogP contribution in [0, 0.1) is 0 Å². The molecule has 0 aliphatic rings. The van der Waals surface area contributed by atoms with Crippen LogP contribution in [-0.2, 0) is 0 Å². The largest absolute Gasteiger partial charge is 0.478 e. The fourth-order valence-electron chi connectivity index (χ4n) is 1.05. The van der Waals surface area contributed by atoms with E-state index in [-0.39, 0.29) is 11.4 Å². The Balaban J connectivity index is 2.58. The minimum Gasteiger partial charge on any atom is -0.478 e. The topological polar surface area (TPSA) is 80.9 Å². The van der Waals surface area contributed by atoms with Gasteiger partial charge in [0.15, 0.2) is 5.82 Å². The van der Waals surface area contributed by atoms with Crippen molar-refractivity contribution in [3.8, 4) is 5.82 Å². The third kappa shape index (κ3) is 1.33. The quantitative estimate of drug-likeness (QED) is 0.739. The van der Waals surface area contributed by atoms with Crippen molar-refractivity contribution in [2.24, 2.45) is 0 Å². The summed E-state index contributed by atoms with van der Waals surface area (Å²) in [5, 5.41) is 16.5. The molecule has 70 valence electrons. The van der Waals surface area contributed by atoms with Gasteiger partial charge < -0.3 is 5.11 Å². The van der Waals surface area contributed by atoms with Gasteiger partial charge >= 0.3 is 5.97 Å². The molecular formula is C8H6N4O2. The molecule has 6 heteroatoms. The number of hydrogen-bond acceptors (Lipinski definition) is 4. The van der Waals surface area contributed by atoms with Gasteiger partial charge in [0, 0.05) is 6.20 Å². The lowest BCUT2D eigenvalue weighted by molar-refractivity contribution is 0.0696. The van der Waals surface area contributed by atoms with E-state index in [4.69, 9.17) is 5.11 Å². The maximum atomic E-state index is 10.8. The monoisotopic (exact) mass is 190 g/mol. The Morgan fingerprint density at radius 2 is 2.00 bits per heavy atom. The van der Waals surface area contributed by atoms with Crippen molar-refractivity contribution in [1.29, 1.82) is 0 Å². The van der Waals surface area contributed by atoms with E-state index in [2.05, 4.69) is 15.2 Å². The number of nitrogens with zero attached hydrogens (tertiary/aromatic N) is 4. The Morgan fingerprint density at radius 3 is 2.64 bits per heavy atom. The molecule has 0 saturated heterocycles. The second-order valence-corrected chi connectivity index (χ2v) is 2.50. The molecule has 0 amide bonds. The van der Waals surface area contributed by atoms with Crippen molar-refractivity contribution in [3.63, 3.8) is 0 Å². The summed E-state index contributed by atoms with van der Waals surface area (Å²) in [5.41, 5.74) is 0.0729. The van der Waals surface area contributed by atoms with Gasteiger partial charge in [0.05, 0.1) is 12.4 Å². The predicted molar refractivity (Wildman–Crippen MR) is 46.1 cm³/mol. The van der Waals surface area contributed by atoms with Crippen LogP contribution in [0.4, 0.5) is 0 Å². The Labute approximate surface area is 78.8 Å². The zero-order chi connectivity index (χ0) is 9.97. The molecule has 14 heavy (non-hydrogen) atoms. The molecular weight excluding hydrogens is 184 g/mol. The lowest BCUT2D eigenvalue weighted by atomic mass is 10.2. The van der Waals surface area contributed by atoms with E-state index in [1.165, 1.54) is 29.5 Å². The van der Waals surface area contributed by atoms with Crippen LogP contribution in [-0.4, -0.2) is 31.1 Å². The van der Waals surface area contributed by atoms with Gasteiger partial charge in [-0.3, -0.25) is 0 Å². The van der Waals surface area contributed by atoms with E-state index in [1.54, 1.807) is 6.07 Å². The number of rotatable bonds is 2. The highest BCUT2D eigenvalue weighted by atomic mass is 16.4. The zero-order valence-electron chi connectivity index (χ0n) is 7.03. The predicted octanol–water partition coefficient (Wildman–Crippen LogP) is 0.360. The van der Waals surface area contributed by atoms with Crippen molar-refractivity contribution in [2.75, 3.05) is 0 Å². The average Bonchev–Trinajstić information content (AvgIpc) is 2.70. The molecule has 6 nitrogen and oxygen atoms in total. The van der Waals surface area contributed by atoms with Crippen LogP contribution in [0.1, 0.15) is 10.4 Å². The number of pyridine rings is 1. The molecule has 2 aromatic heterocycles. The Morgan fingerprint density at radius 1 is 1.29 bits per heavy atom. The van der Waals surface area contributed by atoms with E-state index in [0.717, 1.165) is 0 Å². The van der Waals surface area contributed by atoms with Crippen LogP contribution in [0.5, 0.6) is 0 Å². The fourth-order valence-corrected chi connectivity index (χ4v) is 1.05. The van der Waals surface area contributed by atoms with Gasteiger partial charge in [-0.25, -0.2) is 9.78 Å². The van der Waals surface area contributed by atoms with Crippen LogP contribution in [0.3, 0.4) is 0 Å². The van der Waals surface area contributed by atoms with E-state index in [9.17, 15) is 4.79 Å². The van der Waals surface area contributed by atoms with Crippen LogP contribution < -0.4 is 0 Å². The van der Waals surface area contributed by atoms with E-state index >= 15 is 0 Å². The third-order valence-electron chi connectivity index (χ3n) is 1.63. The molecule has 2 rings (SSSR count). The number of carboxylic acids is 1. The van der Waals surface area contributed by atoms with Gasteiger partial charge in [0.2, 0.25) is 0 Å². The van der Waals surface area contributed by atoms with Crippen LogP contribution >= 0.6 is 0 Å². The highest BCUT2D eigenvalue weighted by Gasteiger charge is 2.12. The highest BCUT2D eigenvalue weighted by Crippen LogP contribution is 2.07. The summed E-state index contributed by atoms with van der Waals surface area (Å²) in [4.78, 5) is 15.9. The maximum absolute atomic E-state index is 10.8. The molecule has 0 saturated carbocycles. The minimum atomic E-state index is -1.05. The Hall–Kier alpha value is -2.24. The second kappa shape index (κ2) is 3.25. The molecule has 0 unspecified atom stereocenters. The summed E-state index contributed by atoms with van der Waals surface area (Å²) >= 11 is 0. The Bertz CT molecular complexity index is 452. The molecule has 0 bridgehead atoms. The van der Waals surface area contributed by atoms with Crippen LogP contribution in [0.15, 0.2) is 30.7 Å². The van der Waals surface area contributed by atoms with Gasteiger partial charge in [0.1, 0.15) is 5.56 Å². The number of hydrogen-bond donors (Lipinski definition) is 1. The maximum Gasteiger partial charge on any atom is 0.339 e. The van der Waals surface area contributed by atoms with E-state index in [0.29, 0.717) is 0 Å². The molecule has 0 aliphatic heterocycles. The molecule has 2 aromatic rings. The molecule has 1 N–H and O–H groups in total. The SMILES string of the molecule is O=C(O)c1cccnc1-n1nccn1. The second-order valence-electron chi connectivity index (χ2n) is 2.50. The summed E-state index contributed by atoms with van der Waals surface area (Å²) in [5.74, 6) is -0.838. The highest BCUT2D eigenvalue weighted by molar-refractivity contribution is 5.90. The first kappa shape index (κ1) is 8.36. The van der Waals surface area contributed by atoms with Gasteiger partial charge in [-0.1, -0.05) is 0 Å². The minimum absolute atomic E-state index is 0.0729. The smallest absolute Gasteiger partial charge is 0.339 e. The summed E-state index contributed by atoms with van der Waals surface area (Å²) in [6.07, 6.45) is 4.41. The van der Waals surface area contributed by atoms with E-state index in [1.807, 2.05) is 0 Å². The van der Waals surface area contributed by atoms with Gasteiger partial charge in [-0.2, -0.15) is 10.2 Å². The van der Waals surface area contributed by atoms with Gasteiger partial charge in [-0.05, 0) is 12.1 Å². The molecule has 0 spiro atoms. The summed E-state index contributed by atoms with van der Waals surface area (Å²) < 4.78 is 0. The van der Waals surface area contributed by atoms with E-state index < -0.39 is 5.97 Å². The normalized spacial score (nSPS) is 10.0. The van der Waals surface area contributed by atoms with Gasteiger partial charge in [0.25, 0.3) is 0 Å². The molecule has 0 aliphatic carbocycles. The van der Waals surface area contributed by atoms with Crippen molar-refractivity contribution in [2.45, 2.75) is 0 Å². The number of aromatic carboxylic acids is 1. The van der Waals surface area contributed by atoms with Crippen molar-refractivity contribution >= 4 is 5.97 Å². The summed E-state index contributed by atoms with van der Waals surface area (Å²) in [6, 6.07) is 3.00. The lowest BCUT2D eigenvalue weighted by Gasteiger charge is -2.01. The number of carbonyl (C=O) groups is 1. The molecule has 0 radical (unpaired) electrons. The number of aromatic nitrogens is 4. The van der Waals surface area contributed by atoms with Crippen molar-refractivity contribution in [1.82, 2.24) is 20.0 Å². The Kier molecular flexibility index (Phi) is 1.94. The summed E-state index contributed by atoms with van der Waals surface area (Å²) in [7, 11) is 0. The first-order chi connectivity index (χ1) is 6.79. The van der Waals surface area contributed by atoms with Crippen LogP contribution in [0.2, 0.25) is 0 Å². The summed E-state index contributed by atoms with van der Waals surface area (Å²) in [6.45, 7) is 0. The molecule has 0 atom stereocenters. The van der Waals surface area contributed by atoms with Crippen molar-refractivity contribution < 1.29 is 9.90 Å². The fraction of sp³-hybridized carbons (Fsp3) is 0. The van der Waals surface area contributed by atoms with Crippen molar-refractivity contribution in [3.05, 3.63) is 36.3 Å². The average molecular weight is 190 g/mol. The zero-order valence-corrected chi connectivity index (χ0v) is 7.03. The first-order valence-corrected chi connectivity index (χ1v) is 3.84. The standard InChI is InChI=1S/C8H6N4O2/c13-8(14)6-2-1-3-9-7(6)12-10-4-5-11-12/h1-5H,(H,13,14). The van der Waals surface area contributed by atoms with Gasteiger partial charge in [-0.15, -0.1) is 4.80 Å². The number of carboxylic acid groups (broad SMARTS) is 1. The lowest BCUT2D eigenvalue weighted by Crippen LogP contribution is -2.09. The molecule has 2 heterocycles. The van der Waals surface area contributed by atoms with Crippen LogP contribution in [0.25, 0.3) is 5.82 Å². The third-order valence-corrected chi connectivity index (χ3v) is 1.63. The first-order valence-electron chi connectivity index (χ1n) is 3.84.